The fourth-order valence-corrected chi connectivity index (χ4v) is 2.73. The van der Waals surface area contributed by atoms with E-state index in [1.54, 1.807) is 13.8 Å². The number of ether oxygens (including phenoxy) is 1. The highest BCUT2D eigenvalue weighted by atomic mass is 31.2. The van der Waals surface area contributed by atoms with Crippen LogP contribution in [-0.4, -0.2) is 36.7 Å². The van der Waals surface area contributed by atoms with Crippen molar-refractivity contribution in [3.05, 3.63) is 0 Å². The third-order valence-corrected chi connectivity index (χ3v) is 4.43. The van der Waals surface area contributed by atoms with Crippen LogP contribution in [0.25, 0.3) is 0 Å². The molecule has 0 spiro atoms. The number of carbonyl (C=O) groups is 1. The molecule has 0 radical (unpaired) electrons. The van der Waals surface area contributed by atoms with Gasteiger partial charge in [-0.1, -0.05) is 0 Å². The summed E-state index contributed by atoms with van der Waals surface area (Å²) in [6.45, 7) is 4.72. The van der Waals surface area contributed by atoms with Gasteiger partial charge in [0, 0.05) is 0 Å². The maximum absolute atomic E-state index is 12.2. The molecule has 0 rings (SSSR count). The zero-order valence-electron chi connectivity index (χ0n) is 10.1. The Labute approximate surface area is 95.4 Å². The topological polar surface area (TPSA) is 82.1 Å². The lowest BCUT2D eigenvalue weighted by atomic mass is 10.3. The molecule has 6 nitrogen and oxygen atoms in total. The van der Waals surface area contributed by atoms with Crippen molar-refractivity contribution in [2.24, 2.45) is 0 Å². The van der Waals surface area contributed by atoms with Crippen LogP contribution < -0.4 is 0 Å². The van der Waals surface area contributed by atoms with E-state index in [0.717, 1.165) is 0 Å². The molecule has 0 bridgehead atoms. The van der Waals surface area contributed by atoms with Crippen LogP contribution in [0, 0.1) is 0 Å². The zero-order valence-corrected chi connectivity index (χ0v) is 11.0. The summed E-state index contributed by atoms with van der Waals surface area (Å²) >= 11 is 0. The minimum atomic E-state index is -3.73. The highest BCUT2D eigenvalue weighted by Crippen LogP contribution is 2.59. The van der Waals surface area contributed by atoms with Gasteiger partial charge in [0.15, 0.2) is 5.34 Å². The van der Waals surface area contributed by atoms with Gasteiger partial charge in [0.1, 0.15) is 0 Å². The molecule has 7 heteroatoms. The smallest absolute Gasteiger partial charge is 0.362 e. The normalized spacial score (nSPS) is 15.6. The molecule has 0 aliphatic carbocycles. The van der Waals surface area contributed by atoms with E-state index in [1.807, 2.05) is 0 Å². The van der Waals surface area contributed by atoms with Crippen LogP contribution in [0.1, 0.15) is 27.2 Å². The van der Waals surface area contributed by atoms with Crippen molar-refractivity contribution in [1.29, 1.82) is 0 Å². The van der Waals surface area contributed by atoms with E-state index in [4.69, 9.17) is 9.05 Å². The Morgan fingerprint density at radius 3 is 2.06 bits per heavy atom. The van der Waals surface area contributed by atoms with Crippen molar-refractivity contribution in [1.82, 2.24) is 0 Å². The van der Waals surface area contributed by atoms with Gasteiger partial charge < -0.3 is 18.9 Å². The molecule has 1 unspecified atom stereocenters. The van der Waals surface area contributed by atoms with Crippen LogP contribution in [0.15, 0.2) is 0 Å². The van der Waals surface area contributed by atoms with Gasteiger partial charge in [-0.25, -0.2) is 0 Å². The molecule has 0 amide bonds. The molecule has 96 valence electrons. The molecule has 0 saturated carbocycles. The lowest BCUT2D eigenvalue weighted by Gasteiger charge is -2.30. The summed E-state index contributed by atoms with van der Waals surface area (Å²) in [7, 11) is -2.55. The number of esters is 1. The maximum Gasteiger partial charge on any atom is 0.362 e. The zero-order chi connectivity index (χ0) is 12.8. The van der Waals surface area contributed by atoms with Gasteiger partial charge in [-0.3, -0.25) is 9.36 Å². The molecule has 0 aliphatic heterocycles. The van der Waals surface area contributed by atoms with Crippen LogP contribution in [0.3, 0.4) is 0 Å². The lowest BCUT2D eigenvalue weighted by molar-refractivity contribution is -0.143. The Morgan fingerprint density at radius 1 is 1.31 bits per heavy atom. The van der Waals surface area contributed by atoms with Gasteiger partial charge in [0.25, 0.3) is 0 Å². The van der Waals surface area contributed by atoms with E-state index in [2.05, 4.69) is 4.74 Å². The van der Waals surface area contributed by atoms with E-state index in [1.165, 1.54) is 14.0 Å². The second kappa shape index (κ2) is 6.35. The van der Waals surface area contributed by atoms with Crippen molar-refractivity contribution >= 4 is 13.6 Å². The van der Waals surface area contributed by atoms with Gasteiger partial charge in [0.05, 0.1) is 26.7 Å². The van der Waals surface area contributed by atoms with Gasteiger partial charge >= 0.3 is 13.6 Å². The molecule has 0 heterocycles. The van der Waals surface area contributed by atoms with Crippen LogP contribution in [0.2, 0.25) is 0 Å². The van der Waals surface area contributed by atoms with Gasteiger partial charge in [-0.15, -0.1) is 0 Å². The summed E-state index contributed by atoms with van der Waals surface area (Å²) in [6.07, 6.45) is -0.444. The highest BCUT2D eigenvalue weighted by Gasteiger charge is 2.47. The maximum atomic E-state index is 12.2. The second-order valence-electron chi connectivity index (χ2n) is 3.30. The van der Waals surface area contributed by atoms with E-state index in [9.17, 15) is 14.5 Å². The predicted octanol–water partition coefficient (Wildman–Crippen LogP) is 1.52. The molecule has 1 N–H and O–H groups in total. The van der Waals surface area contributed by atoms with E-state index in [0.29, 0.717) is 0 Å². The first-order chi connectivity index (χ1) is 7.33. The van der Waals surface area contributed by atoms with Gasteiger partial charge in [0.2, 0.25) is 0 Å². The molecule has 0 aromatic rings. The number of hydrogen-bond acceptors (Lipinski definition) is 6. The molecule has 1 atom stereocenters. The summed E-state index contributed by atoms with van der Waals surface area (Å²) in [5.74, 6) is -0.676. The average Bonchev–Trinajstić information content (AvgIpc) is 2.17. The highest BCUT2D eigenvalue weighted by molar-refractivity contribution is 7.55. The quantitative estimate of drug-likeness (QED) is 0.548. The number of rotatable bonds is 7. The third-order valence-electron chi connectivity index (χ3n) is 1.90. The molecule has 16 heavy (non-hydrogen) atoms. The Balaban J connectivity index is 4.88. The number of methoxy groups -OCH3 is 1. The van der Waals surface area contributed by atoms with E-state index in [-0.39, 0.29) is 13.2 Å². The monoisotopic (exact) mass is 254 g/mol. The Bertz CT molecular complexity index is 265. The van der Waals surface area contributed by atoms with Crippen molar-refractivity contribution in [3.63, 3.8) is 0 Å². The average molecular weight is 254 g/mol. The number of carbonyl (C=O) groups excluding carboxylic acids is 1. The van der Waals surface area contributed by atoms with Gasteiger partial charge in [-0.2, -0.15) is 0 Å². The number of hydrogen-bond donors (Lipinski definition) is 1. The lowest BCUT2D eigenvalue weighted by Crippen LogP contribution is -2.30. The number of aliphatic hydroxyl groups is 1. The predicted molar refractivity (Wildman–Crippen MR) is 58.1 cm³/mol. The van der Waals surface area contributed by atoms with E-state index < -0.39 is 25.3 Å². The fourth-order valence-electron chi connectivity index (χ4n) is 1.10. The van der Waals surface area contributed by atoms with Crippen LogP contribution >= 0.6 is 7.60 Å². The molecule has 0 aliphatic rings. The summed E-state index contributed by atoms with van der Waals surface area (Å²) in [4.78, 5) is 11.1. The first-order valence-corrected chi connectivity index (χ1v) is 6.55. The van der Waals surface area contributed by atoms with Crippen molar-refractivity contribution < 1.29 is 28.3 Å². The summed E-state index contributed by atoms with van der Waals surface area (Å²) in [5, 5.41) is 8.10. The van der Waals surface area contributed by atoms with Crippen LogP contribution in [0.4, 0.5) is 0 Å². The SMILES string of the molecule is CCOP(=O)(OCC)C(C)(O)CC(=O)OC. The van der Waals surface area contributed by atoms with Crippen molar-refractivity contribution in [2.45, 2.75) is 32.5 Å². The summed E-state index contributed by atoms with van der Waals surface area (Å²) < 4.78 is 26.5. The minimum absolute atomic E-state index is 0.120. The second-order valence-corrected chi connectivity index (χ2v) is 5.78. The standard InChI is InChI=1S/C9H19O6P/c1-5-14-16(12,15-6-2)9(3,11)7-8(10)13-4/h11H,5-7H2,1-4H3. The Hall–Kier alpha value is -0.420. The minimum Gasteiger partial charge on any atom is -0.469 e. The molecular weight excluding hydrogens is 235 g/mol. The fraction of sp³-hybridized carbons (Fsp3) is 0.889. The Kier molecular flexibility index (Phi) is 6.18. The van der Waals surface area contributed by atoms with Crippen molar-refractivity contribution in [2.75, 3.05) is 20.3 Å². The molecule has 0 aromatic carbocycles. The van der Waals surface area contributed by atoms with Gasteiger partial charge in [-0.05, 0) is 20.8 Å². The van der Waals surface area contributed by atoms with E-state index >= 15 is 0 Å². The molecule has 0 fully saturated rings. The first kappa shape index (κ1) is 15.6. The summed E-state index contributed by atoms with van der Waals surface area (Å²) in [5.41, 5.74) is 0. The molecule has 0 saturated heterocycles. The third kappa shape index (κ3) is 3.87. The Morgan fingerprint density at radius 2 is 1.75 bits per heavy atom. The van der Waals surface area contributed by atoms with Crippen molar-refractivity contribution in [3.8, 4) is 0 Å². The first-order valence-electron chi connectivity index (χ1n) is 5.01. The largest absolute Gasteiger partial charge is 0.469 e. The summed E-state index contributed by atoms with van der Waals surface area (Å²) in [6, 6.07) is 0. The molecule has 0 aromatic heterocycles. The molecular formula is C9H19O6P. The van der Waals surface area contributed by atoms with Crippen LogP contribution in [0.5, 0.6) is 0 Å². The van der Waals surface area contributed by atoms with Crippen LogP contribution in [-0.2, 0) is 23.1 Å².